The first-order valence-corrected chi connectivity index (χ1v) is 27.6. The molecule has 4 amide bonds. The first kappa shape index (κ1) is 63.9. The molecule has 0 aliphatic carbocycles. The van der Waals surface area contributed by atoms with Crippen LogP contribution in [-0.2, 0) is 66.6 Å². The number of nitrogens with zero attached hydrogens (tertiary/aromatic N) is 1. The van der Waals surface area contributed by atoms with Crippen molar-refractivity contribution in [3.05, 3.63) is 0 Å². The van der Waals surface area contributed by atoms with E-state index in [4.69, 9.17) is 48.4 Å². The number of aliphatic hydroxyl groups is 14. The van der Waals surface area contributed by atoms with E-state index in [1.165, 1.54) is 0 Å². The summed E-state index contributed by atoms with van der Waals surface area (Å²) in [6, 6.07) is -3.98. The molecular weight excluding hydrogens is 1110 g/mol. The summed E-state index contributed by atoms with van der Waals surface area (Å²) in [6.07, 6.45) is -42.4. The molecule has 452 valence electrons. The minimum absolute atomic E-state index is 0.274. The van der Waals surface area contributed by atoms with Crippen LogP contribution in [0.15, 0.2) is 0 Å². The van der Waals surface area contributed by atoms with Crippen LogP contribution < -0.4 is 21.7 Å². The van der Waals surface area contributed by atoms with Crippen LogP contribution in [0.3, 0.4) is 0 Å². The topological polar surface area (TPSA) is 517 Å². The predicted octanol–water partition coefficient (Wildman–Crippen LogP) is -11.5. The molecule has 0 aromatic heterocycles. The van der Waals surface area contributed by atoms with Gasteiger partial charge in [0.2, 0.25) is 23.6 Å². The Hall–Kier alpha value is -2.71. The van der Waals surface area contributed by atoms with E-state index in [0.29, 0.717) is 19.4 Å². The van der Waals surface area contributed by atoms with Crippen molar-refractivity contribution in [3.63, 3.8) is 0 Å². The van der Waals surface area contributed by atoms with Gasteiger partial charge in [-0.25, -0.2) is 0 Å². The number of primary amides is 1. The van der Waals surface area contributed by atoms with Gasteiger partial charge in [-0.3, -0.25) is 28.9 Å². The molecule has 12 unspecified atom stereocenters. The molecule has 7 aliphatic rings. The first-order chi connectivity index (χ1) is 37.4. The summed E-state index contributed by atoms with van der Waals surface area (Å²) in [6.45, 7) is -2.09. The van der Waals surface area contributed by atoms with Crippen LogP contribution in [0.5, 0.6) is 0 Å². The van der Waals surface area contributed by atoms with Gasteiger partial charge in [0.05, 0.1) is 50.9 Å². The molecule has 7 saturated heterocycles. The van der Waals surface area contributed by atoms with Crippen molar-refractivity contribution in [2.45, 2.75) is 203 Å². The lowest BCUT2D eigenvalue weighted by molar-refractivity contribution is -0.383. The van der Waals surface area contributed by atoms with Gasteiger partial charge in [-0.2, -0.15) is 0 Å². The average Bonchev–Trinajstić information content (AvgIpc) is 3.87. The summed E-state index contributed by atoms with van der Waals surface area (Å²) in [4.78, 5) is 66.2. The van der Waals surface area contributed by atoms with Crippen LogP contribution in [0, 0.1) is 0 Å². The lowest BCUT2D eigenvalue weighted by Crippen LogP contribution is -2.71. The van der Waals surface area contributed by atoms with E-state index in [9.17, 15) is 95.5 Å². The Morgan fingerprint density at radius 1 is 0.570 bits per heavy atom. The molecular formula is C44H71N5O28S2. The average molecular weight is 1180 g/mol. The van der Waals surface area contributed by atoms with Crippen molar-refractivity contribution >= 4 is 51.0 Å². The number of nitrogens with one attached hydrogen (secondary N) is 3. The molecule has 79 heavy (non-hydrogen) atoms. The summed E-state index contributed by atoms with van der Waals surface area (Å²) in [5.74, 6) is -3.46. The fraction of sp³-hybridized carbons (Fsp3) is 0.886. The molecule has 7 fully saturated rings. The van der Waals surface area contributed by atoms with E-state index in [-0.39, 0.29) is 12.2 Å². The molecule has 0 saturated carbocycles. The van der Waals surface area contributed by atoms with E-state index in [0.717, 1.165) is 35.4 Å². The molecule has 33 nitrogen and oxygen atoms in total. The molecule has 0 aromatic rings. The summed E-state index contributed by atoms with van der Waals surface area (Å²) in [5, 5.41) is 157. The van der Waals surface area contributed by atoms with E-state index >= 15 is 0 Å². The number of Topliss-reactive ketones (excluding diaryl/α,β-unsaturated/α-hetero) is 1. The Balaban J connectivity index is 1.09. The number of nitrogens with two attached hydrogens (primary N) is 1. The van der Waals surface area contributed by atoms with Crippen LogP contribution in [0.2, 0.25) is 0 Å². The summed E-state index contributed by atoms with van der Waals surface area (Å²) in [7, 11) is 2.03. The van der Waals surface area contributed by atoms with Gasteiger partial charge in [-0.05, 0) is 12.8 Å². The number of hydrogen-bond acceptors (Lipinski definition) is 31. The van der Waals surface area contributed by atoms with Crippen LogP contribution in [-0.4, -0.2) is 315 Å². The molecule has 7 aliphatic heterocycles. The van der Waals surface area contributed by atoms with Crippen LogP contribution in [0.25, 0.3) is 0 Å². The van der Waals surface area contributed by atoms with Gasteiger partial charge in [0, 0.05) is 20.4 Å². The number of carbonyl (C=O) groups excluding carboxylic acids is 5. The zero-order valence-electron chi connectivity index (χ0n) is 42.3. The monoisotopic (exact) mass is 1180 g/mol. The Kier molecular flexibility index (Phi) is 22.5. The van der Waals surface area contributed by atoms with Gasteiger partial charge in [0.15, 0.2) is 42.4 Å². The largest absolute Gasteiger partial charge is 0.394 e. The maximum absolute atomic E-state index is 13.7. The molecule has 35 heteroatoms. The van der Waals surface area contributed by atoms with Crippen LogP contribution in [0.4, 0.5) is 0 Å². The van der Waals surface area contributed by atoms with E-state index in [1.807, 2.05) is 0 Å². The van der Waals surface area contributed by atoms with E-state index in [1.54, 1.807) is 4.90 Å². The fourth-order valence-corrected chi connectivity index (χ4v) is 13.4. The molecule has 7 heterocycles. The molecule has 7 rings (SSSR count). The number of rotatable bonds is 19. The third kappa shape index (κ3) is 14.1. The van der Waals surface area contributed by atoms with E-state index < -0.39 is 227 Å². The third-order valence-electron chi connectivity index (χ3n) is 14.6. The van der Waals surface area contributed by atoms with Gasteiger partial charge in [0.1, 0.15) is 122 Å². The highest BCUT2D eigenvalue weighted by Gasteiger charge is 2.57. The quantitative estimate of drug-likeness (QED) is 0.0422. The first-order valence-electron chi connectivity index (χ1n) is 25.3. The maximum Gasteiger partial charge on any atom is 0.239 e. The van der Waals surface area contributed by atoms with Gasteiger partial charge in [0.25, 0.3) is 0 Å². The Bertz CT molecular complexity index is 2080. The Labute approximate surface area is 457 Å². The number of ether oxygens (including phenoxy) is 9. The normalized spacial score (nSPS) is 45.9. The summed E-state index contributed by atoms with van der Waals surface area (Å²) in [5.41, 5.74) is 5.50. The minimum Gasteiger partial charge on any atom is -0.394 e. The zero-order valence-corrected chi connectivity index (χ0v) is 44.0. The van der Waals surface area contributed by atoms with Crippen molar-refractivity contribution in [2.24, 2.45) is 5.73 Å². The van der Waals surface area contributed by atoms with Crippen molar-refractivity contribution in [3.8, 4) is 0 Å². The highest BCUT2D eigenvalue weighted by molar-refractivity contribution is 8.77. The lowest BCUT2D eigenvalue weighted by atomic mass is 9.93. The van der Waals surface area contributed by atoms with E-state index in [2.05, 4.69) is 16.0 Å². The second-order valence-corrected chi connectivity index (χ2v) is 22.5. The number of fused-ring (bicyclic) bond motifs is 1. The minimum atomic E-state index is -2.23. The van der Waals surface area contributed by atoms with Gasteiger partial charge >= 0.3 is 0 Å². The summed E-state index contributed by atoms with van der Waals surface area (Å²) >= 11 is 0. The maximum atomic E-state index is 13.7. The second-order valence-electron chi connectivity index (χ2n) is 20.0. The Morgan fingerprint density at radius 3 is 1.65 bits per heavy atom. The van der Waals surface area contributed by atoms with Gasteiger partial charge < -0.3 is 136 Å². The molecule has 0 aromatic carbocycles. The van der Waals surface area contributed by atoms with Gasteiger partial charge in [-0.15, -0.1) is 0 Å². The summed E-state index contributed by atoms with van der Waals surface area (Å²) < 4.78 is 52.3. The molecule has 0 spiro atoms. The van der Waals surface area contributed by atoms with Crippen molar-refractivity contribution in [2.75, 3.05) is 39.6 Å². The van der Waals surface area contributed by atoms with Crippen molar-refractivity contribution in [1.29, 1.82) is 0 Å². The molecule has 28 atom stereocenters. The van der Waals surface area contributed by atoms with Crippen molar-refractivity contribution < 1.29 is 138 Å². The standard InChI is InChI=1S/C44H71N5O28S2/c1-12(54)46-22-28(61)35(17(9-52)70-40(22)48-20(56)6-21-49-5-3-4-14(49)24(57)38(39(45)68)79-78-21)75-41-23(47-13(2)55)29(62)36(18(10-53)73-41)76-44-34(67)37(77-43-33(66)31(64)26(59)16(8-51)72-43)27(60)19(74-44)11-69-42-32(65)30(63)25(58)15(7-50)71-42/h14-19,21-23,25-38,40-44,50-53,58-67H,3-11H2,1-2H3,(H2,45,68)(H,46,54)(H,47,55)(H,48,56)/t14-,15?,16+,17?,18+,19?,21?,22?,23?,25-,26+,27-,28+,29?,30-,31?,32?,33?,34?,35-,36+,37-,38?,40+,41+,42+,43+,44-/m0/s1. The SMILES string of the molecule is CC(=O)NC1C(O)[C@H](O[C@@H]2OC(CO[C@@H]3OC(CO)[C@H](O)[C@H](O)C3O)[C@H](O)[C@H](O[C@H]3O[C@H](CO)[C@@H](O)C(O)C3O)C2O)[C@@H](CO)O[C@@H]1O[C@H]1C(CO)O[C@@H](NC(=O)CC2SSC(C(N)=O)C(=O)[C@@H]3CCCN23)C(NC(C)=O)[C@H]1O. The fourth-order valence-electron chi connectivity index (χ4n) is 10.4. The number of amides is 4. The smallest absolute Gasteiger partial charge is 0.239 e. The number of hydrogen-bond donors (Lipinski definition) is 18. The van der Waals surface area contributed by atoms with Crippen LogP contribution >= 0.6 is 21.6 Å². The lowest BCUT2D eigenvalue weighted by Gasteiger charge is -2.50. The van der Waals surface area contributed by atoms with Gasteiger partial charge in [-0.1, -0.05) is 21.6 Å². The highest BCUT2D eigenvalue weighted by Crippen LogP contribution is 2.43. The highest BCUT2D eigenvalue weighted by atomic mass is 33.1. The number of carbonyl (C=O) groups is 5. The number of ketones is 1. The van der Waals surface area contributed by atoms with Crippen molar-refractivity contribution in [1.82, 2.24) is 20.9 Å². The zero-order chi connectivity index (χ0) is 57.9. The number of aliphatic hydroxyl groups excluding tert-OH is 14. The second kappa shape index (κ2) is 27.8. The predicted molar refractivity (Wildman–Crippen MR) is 257 cm³/mol. The Morgan fingerprint density at radius 2 is 1.06 bits per heavy atom. The molecule has 0 radical (unpaired) electrons. The van der Waals surface area contributed by atoms with Crippen LogP contribution in [0.1, 0.15) is 33.1 Å². The third-order valence-corrected chi connectivity index (χ3v) is 17.6. The molecule has 0 bridgehead atoms. The molecule has 19 N–H and O–H groups in total.